The number of guanidine groups is 1. The van der Waals surface area contributed by atoms with E-state index >= 15 is 0 Å². The topological polar surface area (TPSA) is 43.4 Å². The molecule has 0 amide bonds. The summed E-state index contributed by atoms with van der Waals surface area (Å²) < 4.78 is 0. The van der Waals surface area contributed by atoms with Gasteiger partial charge < -0.3 is 15.2 Å². The normalized spacial score (nSPS) is 18.8. The molecule has 1 aromatic carbocycles. The monoisotopic (exact) mass is 466 g/mol. The van der Waals surface area contributed by atoms with Gasteiger partial charge in [0, 0.05) is 42.8 Å². The Kier molecular flexibility index (Phi) is 6.15. The van der Waals surface area contributed by atoms with Crippen LogP contribution in [0.2, 0.25) is 0 Å². The van der Waals surface area contributed by atoms with E-state index in [9.17, 15) is 0 Å². The molecule has 0 atom stereocenters. The maximum atomic E-state index is 4.96. The zero-order chi connectivity index (χ0) is 17.3. The van der Waals surface area contributed by atoms with E-state index in [-0.39, 0.29) is 24.0 Å². The molecule has 1 saturated heterocycles. The van der Waals surface area contributed by atoms with Crippen molar-refractivity contribution in [1.82, 2.24) is 15.2 Å². The molecule has 1 aromatic heterocycles. The number of halogens is 1. The Hall–Kier alpha value is -1.24. The Balaban J connectivity index is 0.00000196. The number of aromatic nitrogens is 1. The standard InChI is InChI=1S/C21H30N4.HI/c1-3-22-20(25-14-12-21(15-25)10-6-11-21)23-13-9-17-16(2)24-19-8-5-4-7-18(17)19;/h4-5,7-8,24H,3,6,9-15H2,1-2H3,(H,22,23);1H. The van der Waals surface area contributed by atoms with Crippen molar-refractivity contribution in [2.75, 3.05) is 26.2 Å². The van der Waals surface area contributed by atoms with Gasteiger partial charge in [0.05, 0.1) is 0 Å². The largest absolute Gasteiger partial charge is 0.358 e. The van der Waals surface area contributed by atoms with Crippen LogP contribution in [0.25, 0.3) is 10.9 Å². The minimum atomic E-state index is 0. The van der Waals surface area contributed by atoms with Crippen molar-refractivity contribution in [3.05, 3.63) is 35.5 Å². The summed E-state index contributed by atoms with van der Waals surface area (Å²) in [5.74, 6) is 1.11. The highest BCUT2D eigenvalue weighted by atomic mass is 127. The summed E-state index contributed by atoms with van der Waals surface area (Å²) in [5, 5.41) is 4.85. The molecule has 2 aliphatic rings. The summed E-state index contributed by atoms with van der Waals surface area (Å²) in [7, 11) is 0. The summed E-state index contributed by atoms with van der Waals surface area (Å²) in [4.78, 5) is 10.9. The van der Waals surface area contributed by atoms with Gasteiger partial charge in [-0.25, -0.2) is 0 Å². The first-order chi connectivity index (χ1) is 12.2. The van der Waals surface area contributed by atoms with E-state index in [2.05, 4.69) is 53.3 Å². The molecule has 26 heavy (non-hydrogen) atoms. The van der Waals surface area contributed by atoms with Gasteiger partial charge >= 0.3 is 0 Å². The highest BCUT2D eigenvalue weighted by Gasteiger charge is 2.43. The van der Waals surface area contributed by atoms with Crippen molar-refractivity contribution in [2.45, 2.75) is 46.0 Å². The lowest BCUT2D eigenvalue weighted by Gasteiger charge is -2.38. The molecule has 5 heteroatoms. The average Bonchev–Trinajstić information content (AvgIpc) is 3.16. The quantitative estimate of drug-likeness (QED) is 0.397. The number of benzene rings is 1. The Morgan fingerprint density at radius 2 is 2.08 bits per heavy atom. The molecule has 0 radical (unpaired) electrons. The number of nitrogens with one attached hydrogen (secondary N) is 2. The predicted octanol–water partition coefficient (Wildman–Crippen LogP) is 4.48. The predicted molar refractivity (Wildman–Crippen MR) is 121 cm³/mol. The van der Waals surface area contributed by atoms with Crippen LogP contribution in [-0.4, -0.2) is 42.0 Å². The molecule has 2 aromatic rings. The summed E-state index contributed by atoms with van der Waals surface area (Å²) in [6.45, 7) is 8.48. The third-order valence-electron chi connectivity index (χ3n) is 6.14. The number of aryl methyl sites for hydroxylation is 1. The first-order valence-electron chi connectivity index (χ1n) is 9.80. The molecule has 0 bridgehead atoms. The summed E-state index contributed by atoms with van der Waals surface area (Å²) in [6, 6.07) is 8.58. The number of rotatable bonds is 4. The van der Waals surface area contributed by atoms with Crippen molar-refractivity contribution < 1.29 is 0 Å². The van der Waals surface area contributed by atoms with Crippen LogP contribution in [0.1, 0.15) is 43.9 Å². The van der Waals surface area contributed by atoms with Gasteiger partial charge in [0.2, 0.25) is 0 Å². The number of fused-ring (bicyclic) bond motifs is 1. The number of hydrogen-bond donors (Lipinski definition) is 2. The van der Waals surface area contributed by atoms with Crippen LogP contribution < -0.4 is 5.32 Å². The molecule has 142 valence electrons. The van der Waals surface area contributed by atoms with E-state index in [0.717, 1.165) is 32.0 Å². The van der Waals surface area contributed by atoms with Crippen molar-refractivity contribution in [1.29, 1.82) is 0 Å². The fourth-order valence-corrected chi connectivity index (χ4v) is 4.56. The summed E-state index contributed by atoms with van der Waals surface area (Å²) in [5.41, 5.74) is 4.53. The van der Waals surface area contributed by atoms with Gasteiger partial charge in [-0.2, -0.15) is 0 Å². The molecule has 1 aliphatic carbocycles. The molecule has 1 saturated carbocycles. The van der Waals surface area contributed by atoms with Gasteiger partial charge in [0.1, 0.15) is 0 Å². The lowest BCUT2D eigenvalue weighted by atomic mass is 9.68. The molecular formula is C21H31IN4. The second kappa shape index (κ2) is 8.19. The van der Waals surface area contributed by atoms with Crippen LogP contribution in [0.3, 0.4) is 0 Å². The maximum absolute atomic E-state index is 4.96. The van der Waals surface area contributed by atoms with E-state index in [1.54, 1.807) is 0 Å². The third-order valence-corrected chi connectivity index (χ3v) is 6.14. The Bertz CT molecular complexity index is 775. The van der Waals surface area contributed by atoms with E-state index in [1.807, 2.05) is 0 Å². The fraction of sp³-hybridized carbons (Fsp3) is 0.571. The highest BCUT2D eigenvalue weighted by Crippen LogP contribution is 2.47. The number of hydrogen-bond acceptors (Lipinski definition) is 1. The molecule has 4 nitrogen and oxygen atoms in total. The first-order valence-corrected chi connectivity index (χ1v) is 9.80. The first kappa shape index (κ1) is 19.5. The Morgan fingerprint density at radius 3 is 2.77 bits per heavy atom. The van der Waals surface area contributed by atoms with Crippen molar-refractivity contribution in [3.63, 3.8) is 0 Å². The highest BCUT2D eigenvalue weighted by molar-refractivity contribution is 14.0. The zero-order valence-corrected chi connectivity index (χ0v) is 18.3. The summed E-state index contributed by atoms with van der Waals surface area (Å²) >= 11 is 0. The molecule has 2 heterocycles. The Labute approximate surface area is 173 Å². The molecular weight excluding hydrogens is 435 g/mol. The van der Waals surface area contributed by atoms with E-state index < -0.39 is 0 Å². The molecule has 1 spiro atoms. The van der Waals surface area contributed by atoms with Gasteiger partial charge in [-0.15, -0.1) is 24.0 Å². The number of aliphatic imine (C=N–C) groups is 1. The van der Waals surface area contributed by atoms with Crippen LogP contribution in [-0.2, 0) is 6.42 Å². The van der Waals surface area contributed by atoms with Gasteiger partial charge in [0.15, 0.2) is 5.96 Å². The number of aromatic amines is 1. The second-order valence-electron chi connectivity index (χ2n) is 7.78. The summed E-state index contributed by atoms with van der Waals surface area (Å²) in [6.07, 6.45) is 6.58. The van der Waals surface area contributed by atoms with Crippen LogP contribution in [0.4, 0.5) is 0 Å². The molecule has 4 rings (SSSR count). The SMILES string of the molecule is CCNC(=NCCc1c(C)[nH]c2ccccc12)N1CCC2(CCC2)C1.I. The van der Waals surface area contributed by atoms with Crippen molar-refractivity contribution in [3.8, 4) is 0 Å². The lowest BCUT2D eigenvalue weighted by molar-refractivity contribution is 0.151. The smallest absolute Gasteiger partial charge is 0.193 e. The van der Waals surface area contributed by atoms with Gasteiger partial charge in [-0.05, 0) is 56.6 Å². The number of H-pyrrole nitrogens is 1. The second-order valence-corrected chi connectivity index (χ2v) is 7.78. The van der Waals surface area contributed by atoms with E-state index in [1.165, 1.54) is 54.4 Å². The maximum Gasteiger partial charge on any atom is 0.193 e. The molecule has 1 aliphatic heterocycles. The minimum Gasteiger partial charge on any atom is -0.358 e. The minimum absolute atomic E-state index is 0. The zero-order valence-electron chi connectivity index (χ0n) is 16.0. The van der Waals surface area contributed by atoms with Gasteiger partial charge in [0.25, 0.3) is 0 Å². The molecule has 2 fully saturated rings. The van der Waals surface area contributed by atoms with Crippen LogP contribution >= 0.6 is 24.0 Å². The fourth-order valence-electron chi connectivity index (χ4n) is 4.56. The lowest BCUT2D eigenvalue weighted by Crippen LogP contribution is -2.42. The van der Waals surface area contributed by atoms with E-state index in [0.29, 0.717) is 5.41 Å². The van der Waals surface area contributed by atoms with E-state index in [4.69, 9.17) is 4.99 Å². The molecule has 2 N–H and O–H groups in total. The number of para-hydroxylation sites is 1. The number of likely N-dealkylation sites (tertiary alicyclic amines) is 1. The van der Waals surface area contributed by atoms with Crippen LogP contribution in [0.5, 0.6) is 0 Å². The van der Waals surface area contributed by atoms with Crippen LogP contribution in [0, 0.1) is 12.3 Å². The van der Waals surface area contributed by atoms with Crippen molar-refractivity contribution in [2.24, 2.45) is 10.4 Å². The average molecular weight is 466 g/mol. The van der Waals surface area contributed by atoms with Gasteiger partial charge in [-0.3, -0.25) is 4.99 Å². The van der Waals surface area contributed by atoms with Crippen LogP contribution in [0.15, 0.2) is 29.3 Å². The number of nitrogens with zero attached hydrogens (tertiary/aromatic N) is 2. The van der Waals surface area contributed by atoms with Crippen molar-refractivity contribution >= 4 is 40.8 Å². The third kappa shape index (κ3) is 3.73. The Morgan fingerprint density at radius 1 is 1.27 bits per heavy atom. The molecule has 0 unspecified atom stereocenters. The van der Waals surface area contributed by atoms with Gasteiger partial charge in [-0.1, -0.05) is 24.6 Å².